The summed E-state index contributed by atoms with van der Waals surface area (Å²) < 4.78 is 0. The Morgan fingerprint density at radius 3 is 2.18 bits per heavy atom. The van der Waals surface area contributed by atoms with Crippen LogP contribution in [-0.4, -0.2) is 30.1 Å². The van der Waals surface area contributed by atoms with Gasteiger partial charge in [0.1, 0.15) is 0 Å². The van der Waals surface area contributed by atoms with Crippen molar-refractivity contribution in [3.05, 3.63) is 0 Å². The third kappa shape index (κ3) is 2.95. The summed E-state index contributed by atoms with van der Waals surface area (Å²) in [5.41, 5.74) is 10.7. The van der Waals surface area contributed by atoms with E-state index in [1.807, 2.05) is 0 Å². The van der Waals surface area contributed by atoms with Gasteiger partial charge in [-0.3, -0.25) is 0 Å². The van der Waals surface area contributed by atoms with Crippen LogP contribution in [0.25, 0.3) is 0 Å². The number of rotatable bonds is 0. The van der Waals surface area contributed by atoms with Gasteiger partial charge < -0.3 is 16.4 Å². The number of urea groups is 1. The van der Waals surface area contributed by atoms with Crippen molar-refractivity contribution in [2.45, 2.75) is 18.9 Å². The van der Waals surface area contributed by atoms with Crippen molar-refractivity contribution in [3.8, 4) is 0 Å². The number of halogens is 1. The summed E-state index contributed by atoms with van der Waals surface area (Å²) in [7, 11) is 0. The van der Waals surface area contributed by atoms with Gasteiger partial charge in [0.15, 0.2) is 0 Å². The maximum atomic E-state index is 10.6. The van der Waals surface area contributed by atoms with Crippen molar-refractivity contribution in [1.82, 2.24) is 4.90 Å². The molecule has 1 saturated heterocycles. The largest absolute Gasteiger partial charge is 0.351 e. The highest BCUT2D eigenvalue weighted by Gasteiger charge is 2.17. The molecule has 5 heteroatoms. The number of hydrogen-bond acceptors (Lipinski definition) is 2. The van der Waals surface area contributed by atoms with E-state index in [9.17, 15) is 4.79 Å². The highest BCUT2D eigenvalue weighted by Crippen LogP contribution is 2.06. The van der Waals surface area contributed by atoms with Crippen LogP contribution in [0.3, 0.4) is 0 Å². The molecule has 66 valence electrons. The number of hydrogen-bond donors (Lipinski definition) is 2. The smallest absolute Gasteiger partial charge is 0.314 e. The van der Waals surface area contributed by atoms with Gasteiger partial charge >= 0.3 is 6.03 Å². The number of nitrogens with two attached hydrogens (primary N) is 2. The van der Waals surface area contributed by atoms with Crippen LogP contribution in [-0.2, 0) is 0 Å². The number of amides is 2. The molecule has 1 heterocycles. The molecule has 1 aliphatic heterocycles. The molecule has 11 heavy (non-hydrogen) atoms. The lowest BCUT2D eigenvalue weighted by molar-refractivity contribution is 0.191. The van der Waals surface area contributed by atoms with Crippen LogP contribution in [0.5, 0.6) is 0 Å². The summed E-state index contributed by atoms with van der Waals surface area (Å²) in [6, 6.07) is -0.0671. The molecule has 0 radical (unpaired) electrons. The molecule has 0 aromatic carbocycles. The Hall–Kier alpha value is -0.480. The predicted octanol–water partition coefficient (Wildman–Crippen LogP) is -0.0900. The zero-order valence-electron chi connectivity index (χ0n) is 6.32. The summed E-state index contributed by atoms with van der Waals surface area (Å²) in [6.07, 6.45) is 1.76. The monoisotopic (exact) mass is 179 g/mol. The van der Waals surface area contributed by atoms with E-state index in [1.54, 1.807) is 4.90 Å². The molecule has 0 aromatic rings. The van der Waals surface area contributed by atoms with E-state index in [1.165, 1.54) is 0 Å². The van der Waals surface area contributed by atoms with E-state index < -0.39 is 0 Å². The maximum Gasteiger partial charge on any atom is 0.314 e. The molecule has 2 amide bonds. The standard InChI is InChI=1S/C6H13N3O.ClH/c7-5-1-3-9(4-2-5)6(8)10;/h5H,1-4,7H2,(H2,8,10);1H. The zero-order chi connectivity index (χ0) is 7.56. The van der Waals surface area contributed by atoms with E-state index in [0.717, 1.165) is 25.9 Å². The number of likely N-dealkylation sites (tertiary alicyclic amines) is 1. The van der Waals surface area contributed by atoms with Gasteiger partial charge in [0.2, 0.25) is 0 Å². The van der Waals surface area contributed by atoms with E-state index in [0.29, 0.717) is 0 Å². The zero-order valence-corrected chi connectivity index (χ0v) is 7.14. The van der Waals surface area contributed by atoms with Gasteiger partial charge in [-0.1, -0.05) is 0 Å². The molecule has 0 bridgehead atoms. The molecule has 0 unspecified atom stereocenters. The van der Waals surface area contributed by atoms with Crippen LogP contribution in [0.1, 0.15) is 12.8 Å². The van der Waals surface area contributed by atoms with Gasteiger partial charge in [-0.05, 0) is 12.8 Å². The van der Waals surface area contributed by atoms with Crippen LogP contribution in [0.15, 0.2) is 0 Å². The first-order valence-corrected chi connectivity index (χ1v) is 3.50. The summed E-state index contributed by atoms with van der Waals surface area (Å²) >= 11 is 0. The minimum Gasteiger partial charge on any atom is -0.351 e. The van der Waals surface area contributed by atoms with Gasteiger partial charge in [-0.25, -0.2) is 4.79 Å². The molecule has 4 N–H and O–H groups in total. The Labute approximate surface area is 72.3 Å². The summed E-state index contributed by atoms with van der Waals surface area (Å²) in [6.45, 7) is 1.44. The minimum absolute atomic E-state index is 0. The van der Waals surface area contributed by atoms with Crippen LogP contribution < -0.4 is 11.5 Å². The first-order valence-electron chi connectivity index (χ1n) is 3.50. The number of primary amides is 1. The van der Waals surface area contributed by atoms with Gasteiger partial charge in [0.25, 0.3) is 0 Å². The van der Waals surface area contributed by atoms with E-state index in [4.69, 9.17) is 11.5 Å². The Morgan fingerprint density at radius 1 is 1.36 bits per heavy atom. The van der Waals surface area contributed by atoms with E-state index in [-0.39, 0.29) is 24.5 Å². The third-order valence-electron chi connectivity index (χ3n) is 1.85. The maximum absolute atomic E-state index is 10.6. The lowest BCUT2D eigenvalue weighted by atomic mass is 10.1. The van der Waals surface area contributed by atoms with E-state index in [2.05, 4.69) is 0 Å². The van der Waals surface area contributed by atoms with Crippen LogP contribution in [0, 0.1) is 0 Å². The fraction of sp³-hybridized carbons (Fsp3) is 0.833. The molecule has 0 aliphatic carbocycles. The number of carbonyl (C=O) groups is 1. The molecular weight excluding hydrogens is 166 g/mol. The first kappa shape index (κ1) is 10.5. The van der Waals surface area contributed by atoms with Crippen LogP contribution in [0.4, 0.5) is 4.79 Å². The second-order valence-electron chi connectivity index (χ2n) is 2.66. The molecular formula is C6H14ClN3O. The second kappa shape index (κ2) is 4.41. The highest BCUT2D eigenvalue weighted by atomic mass is 35.5. The van der Waals surface area contributed by atoms with Gasteiger partial charge in [-0.15, -0.1) is 12.4 Å². The van der Waals surface area contributed by atoms with E-state index >= 15 is 0 Å². The molecule has 1 rings (SSSR count). The number of nitrogens with zero attached hydrogens (tertiary/aromatic N) is 1. The number of carbonyl (C=O) groups excluding carboxylic acids is 1. The topological polar surface area (TPSA) is 72.4 Å². The van der Waals surface area contributed by atoms with Crippen molar-refractivity contribution in [2.24, 2.45) is 11.5 Å². The normalized spacial score (nSPS) is 19.2. The summed E-state index contributed by atoms with van der Waals surface area (Å²) in [4.78, 5) is 12.2. The quantitative estimate of drug-likeness (QED) is 0.546. The SMILES string of the molecule is Cl.NC(=O)N1CCC(N)CC1. The molecule has 0 aromatic heterocycles. The Balaban J connectivity index is 0.000001000. The lowest BCUT2D eigenvalue weighted by Gasteiger charge is -2.28. The average molecular weight is 180 g/mol. The van der Waals surface area contributed by atoms with Crippen molar-refractivity contribution in [3.63, 3.8) is 0 Å². The molecule has 0 spiro atoms. The van der Waals surface area contributed by atoms with Gasteiger partial charge in [0.05, 0.1) is 0 Å². The van der Waals surface area contributed by atoms with Crippen molar-refractivity contribution in [2.75, 3.05) is 13.1 Å². The van der Waals surface area contributed by atoms with Crippen molar-refractivity contribution in [1.29, 1.82) is 0 Å². The molecule has 4 nitrogen and oxygen atoms in total. The lowest BCUT2D eigenvalue weighted by Crippen LogP contribution is -2.45. The minimum atomic E-state index is -0.327. The van der Waals surface area contributed by atoms with Gasteiger partial charge in [0, 0.05) is 19.1 Å². The molecule has 0 saturated carbocycles. The second-order valence-corrected chi connectivity index (χ2v) is 2.66. The van der Waals surface area contributed by atoms with Gasteiger partial charge in [-0.2, -0.15) is 0 Å². The van der Waals surface area contributed by atoms with Crippen molar-refractivity contribution < 1.29 is 4.79 Å². The van der Waals surface area contributed by atoms with Crippen molar-refractivity contribution >= 4 is 18.4 Å². The summed E-state index contributed by atoms with van der Waals surface area (Å²) in [5.74, 6) is 0. The van der Waals surface area contributed by atoms with Crippen LogP contribution in [0.2, 0.25) is 0 Å². The average Bonchev–Trinajstić information content (AvgIpc) is 1.88. The molecule has 0 atom stereocenters. The highest BCUT2D eigenvalue weighted by molar-refractivity contribution is 5.85. The first-order chi connectivity index (χ1) is 4.70. The third-order valence-corrected chi connectivity index (χ3v) is 1.85. The Kier molecular flexibility index (Phi) is 4.22. The Morgan fingerprint density at radius 2 is 1.82 bits per heavy atom. The summed E-state index contributed by atoms with van der Waals surface area (Å²) in [5, 5.41) is 0. The van der Waals surface area contributed by atoms with Crippen LogP contribution >= 0.6 is 12.4 Å². The fourth-order valence-electron chi connectivity index (χ4n) is 1.12. The Bertz CT molecular complexity index is 134. The fourth-order valence-corrected chi connectivity index (χ4v) is 1.12. The molecule has 1 aliphatic rings. The number of piperidine rings is 1. The molecule has 1 fully saturated rings. The predicted molar refractivity (Wildman–Crippen MR) is 45.6 cm³/mol.